The molecule has 2 aromatic heterocycles. The molecule has 29 heavy (non-hydrogen) atoms. The van der Waals surface area contributed by atoms with E-state index in [1.165, 1.54) is 53.0 Å². The summed E-state index contributed by atoms with van der Waals surface area (Å²) in [6.45, 7) is 0. The van der Waals surface area contributed by atoms with E-state index in [-0.39, 0.29) is 48.0 Å². The molecule has 0 saturated heterocycles. The van der Waals surface area contributed by atoms with E-state index in [0.717, 1.165) is 12.8 Å². The summed E-state index contributed by atoms with van der Waals surface area (Å²) in [5.41, 5.74) is 5.27. The van der Waals surface area contributed by atoms with Gasteiger partial charge in [-0.2, -0.15) is 0 Å². The van der Waals surface area contributed by atoms with Crippen molar-refractivity contribution in [3.8, 4) is 0 Å². The highest BCUT2D eigenvalue weighted by Crippen LogP contribution is 2.16. The Bertz CT molecular complexity index is 945. The fraction of sp³-hybridized carbons (Fsp3) is 0.391. The molecule has 0 N–H and O–H groups in total. The molecule has 0 bridgehead atoms. The van der Waals surface area contributed by atoms with E-state index < -0.39 is 0 Å². The van der Waals surface area contributed by atoms with Gasteiger partial charge in [0.15, 0.2) is 22.1 Å². The molecule has 6 heteroatoms. The summed E-state index contributed by atoms with van der Waals surface area (Å²) < 4.78 is 9.39. The van der Waals surface area contributed by atoms with Crippen molar-refractivity contribution in [2.75, 3.05) is 0 Å². The van der Waals surface area contributed by atoms with Crippen molar-refractivity contribution >= 4 is 22.1 Å². The van der Waals surface area contributed by atoms with Gasteiger partial charge in [0.25, 0.3) is 11.6 Å². The van der Waals surface area contributed by atoms with Crippen LogP contribution in [0.3, 0.4) is 0 Å². The third-order valence-electron chi connectivity index (χ3n) is 6.06. The first-order chi connectivity index (χ1) is 13.1. The van der Waals surface area contributed by atoms with Gasteiger partial charge in [0.05, 0.1) is 28.2 Å². The molecular weight excluding hydrogens is 586 g/mol. The topological polar surface area (TPSA) is 17.6 Å². The third-order valence-corrected chi connectivity index (χ3v) is 6.06. The van der Waals surface area contributed by atoms with Crippen LogP contribution in [0.5, 0.6) is 0 Å². The number of nitrogens with zero attached hydrogens (tertiary/aromatic N) is 4. The Morgan fingerprint density at radius 1 is 0.621 bits per heavy atom. The Morgan fingerprint density at radius 2 is 1.00 bits per heavy atom. The Hall–Kier alpha value is -1.16. The average Bonchev–Trinajstić information content (AvgIpc) is 3.08. The van der Waals surface area contributed by atoms with Crippen LogP contribution in [0, 0.1) is 0 Å². The van der Waals surface area contributed by atoms with Gasteiger partial charge in [-0.1, -0.05) is 30.7 Å². The molecule has 0 aliphatic rings. The lowest BCUT2D eigenvalue weighted by molar-refractivity contribution is -0.654. The lowest BCUT2D eigenvalue weighted by Gasteiger charge is -2.01. The van der Waals surface area contributed by atoms with Crippen molar-refractivity contribution in [3.63, 3.8) is 0 Å². The highest BCUT2D eigenvalue weighted by atomic mass is 127. The molecule has 0 amide bonds. The summed E-state index contributed by atoms with van der Waals surface area (Å²) in [5, 5.41) is 0. The number of imidazole rings is 2. The second-order valence-electron chi connectivity index (χ2n) is 7.61. The summed E-state index contributed by atoms with van der Waals surface area (Å²) in [4.78, 5) is 0. The molecule has 0 unspecified atom stereocenters. The molecule has 4 nitrogen and oxygen atoms in total. The fourth-order valence-electron chi connectivity index (χ4n) is 4.48. The zero-order valence-corrected chi connectivity index (χ0v) is 22.0. The number of halogens is 2. The molecule has 0 atom stereocenters. The van der Waals surface area contributed by atoms with Gasteiger partial charge in [0.1, 0.15) is 0 Å². The molecule has 4 aromatic rings. The van der Waals surface area contributed by atoms with Crippen LogP contribution in [-0.2, 0) is 41.0 Å². The Kier molecular flexibility index (Phi) is 8.51. The van der Waals surface area contributed by atoms with Crippen molar-refractivity contribution < 1.29 is 57.1 Å². The quantitative estimate of drug-likeness (QED) is 0.128. The van der Waals surface area contributed by atoms with Crippen molar-refractivity contribution in [2.45, 2.75) is 32.1 Å². The van der Waals surface area contributed by atoms with Gasteiger partial charge in [-0.3, -0.25) is 0 Å². The first-order valence-electron chi connectivity index (χ1n) is 9.94. The fourth-order valence-corrected chi connectivity index (χ4v) is 4.48. The first-order valence-corrected chi connectivity index (χ1v) is 9.94. The van der Waals surface area contributed by atoms with Crippen molar-refractivity contribution in [1.82, 2.24) is 9.13 Å². The standard InChI is InChI=1S/C23H30N4.2HI/c1-24-18-12-8-9-13-19(18)25(2)22(24)16-6-5-7-17-23-26(3)20-14-10-11-15-21(20)27(23)4;;/h8-15H,5-7,16-17H2,1-4H3;2*1H/q+2;;/p-2. The molecule has 0 aliphatic heterocycles. The molecule has 0 radical (unpaired) electrons. The van der Waals surface area contributed by atoms with Gasteiger partial charge in [0.2, 0.25) is 0 Å². The second-order valence-corrected chi connectivity index (χ2v) is 7.61. The van der Waals surface area contributed by atoms with Crippen LogP contribution in [0.25, 0.3) is 22.1 Å². The van der Waals surface area contributed by atoms with Crippen molar-refractivity contribution in [1.29, 1.82) is 0 Å². The van der Waals surface area contributed by atoms with E-state index in [2.05, 4.69) is 95.0 Å². The number of para-hydroxylation sites is 4. The lowest BCUT2D eigenvalue weighted by Crippen LogP contribution is -3.00. The minimum atomic E-state index is 0. The van der Waals surface area contributed by atoms with Crippen LogP contribution in [0.1, 0.15) is 30.9 Å². The zero-order valence-electron chi connectivity index (χ0n) is 17.7. The van der Waals surface area contributed by atoms with Gasteiger partial charge in [-0.05, 0) is 37.1 Å². The second kappa shape index (κ2) is 10.2. The minimum absolute atomic E-state index is 0. The number of aromatic nitrogens is 4. The van der Waals surface area contributed by atoms with E-state index in [1.54, 1.807) is 0 Å². The summed E-state index contributed by atoms with van der Waals surface area (Å²) >= 11 is 0. The Labute approximate surface area is 207 Å². The average molecular weight is 616 g/mol. The van der Waals surface area contributed by atoms with Crippen LogP contribution in [0.4, 0.5) is 0 Å². The summed E-state index contributed by atoms with van der Waals surface area (Å²) in [7, 11) is 8.75. The van der Waals surface area contributed by atoms with E-state index >= 15 is 0 Å². The predicted octanol–water partition coefficient (Wildman–Crippen LogP) is -2.72. The Morgan fingerprint density at radius 3 is 1.38 bits per heavy atom. The maximum atomic E-state index is 2.35. The summed E-state index contributed by atoms with van der Waals surface area (Å²) in [5.74, 6) is 2.82. The molecule has 4 rings (SSSR count). The highest BCUT2D eigenvalue weighted by molar-refractivity contribution is 5.72. The molecule has 156 valence electrons. The molecular formula is C23H30I2N4. The van der Waals surface area contributed by atoms with Crippen molar-refractivity contribution in [3.05, 3.63) is 60.2 Å². The van der Waals surface area contributed by atoms with Crippen molar-refractivity contribution in [2.24, 2.45) is 28.2 Å². The maximum absolute atomic E-state index is 2.35. The molecule has 2 heterocycles. The number of rotatable bonds is 6. The van der Waals surface area contributed by atoms with E-state index in [0.29, 0.717) is 0 Å². The molecule has 0 fully saturated rings. The van der Waals surface area contributed by atoms with Crippen LogP contribution in [0.15, 0.2) is 48.5 Å². The molecule has 2 aromatic carbocycles. The SMILES string of the molecule is Cn1c(CCCCCc2n(C)c3ccccc3[n+]2C)[n+](C)c2ccccc21.[I-].[I-]. The smallest absolute Gasteiger partial charge is 0.256 e. The maximum Gasteiger partial charge on any atom is 0.256 e. The van der Waals surface area contributed by atoms with Gasteiger partial charge < -0.3 is 48.0 Å². The number of fused-ring (bicyclic) bond motifs is 2. The van der Waals surface area contributed by atoms with E-state index in [1.807, 2.05) is 0 Å². The summed E-state index contributed by atoms with van der Waals surface area (Å²) in [6, 6.07) is 17.3. The zero-order chi connectivity index (χ0) is 19.0. The predicted molar refractivity (Wildman–Crippen MR) is 109 cm³/mol. The number of benzene rings is 2. The van der Waals surface area contributed by atoms with Crippen LogP contribution < -0.4 is 57.1 Å². The van der Waals surface area contributed by atoms with Gasteiger partial charge in [-0.25, -0.2) is 18.3 Å². The lowest BCUT2D eigenvalue weighted by atomic mass is 10.1. The third kappa shape index (κ3) is 4.47. The van der Waals surface area contributed by atoms with E-state index in [4.69, 9.17) is 0 Å². The number of hydrogen-bond donors (Lipinski definition) is 0. The normalized spacial score (nSPS) is 10.9. The number of aryl methyl sites for hydroxylation is 4. The van der Waals surface area contributed by atoms with Gasteiger partial charge in [-0.15, -0.1) is 0 Å². The highest BCUT2D eigenvalue weighted by Gasteiger charge is 2.20. The van der Waals surface area contributed by atoms with Crippen LogP contribution in [-0.4, -0.2) is 9.13 Å². The monoisotopic (exact) mass is 616 g/mol. The molecule has 0 spiro atoms. The molecule has 0 saturated carbocycles. The Balaban J connectivity index is 0.00000150. The van der Waals surface area contributed by atoms with Crippen LogP contribution >= 0.6 is 0 Å². The summed E-state index contributed by atoms with van der Waals surface area (Å²) in [6.07, 6.45) is 5.96. The number of unbranched alkanes of at least 4 members (excludes halogenated alkanes) is 2. The first kappa shape index (κ1) is 24.1. The minimum Gasteiger partial charge on any atom is -1.00 e. The van der Waals surface area contributed by atoms with Crippen LogP contribution in [0.2, 0.25) is 0 Å². The largest absolute Gasteiger partial charge is 1.00 e. The van der Waals surface area contributed by atoms with Gasteiger partial charge in [0, 0.05) is 12.8 Å². The molecule has 0 aliphatic carbocycles. The number of hydrogen-bond acceptors (Lipinski definition) is 0. The van der Waals surface area contributed by atoms with Gasteiger partial charge >= 0.3 is 0 Å². The van der Waals surface area contributed by atoms with E-state index in [9.17, 15) is 0 Å².